The Labute approximate surface area is 161 Å². The molecule has 28 heavy (non-hydrogen) atoms. The minimum absolute atomic E-state index is 0.229. The first-order chi connectivity index (χ1) is 13.8. The first-order valence-corrected chi connectivity index (χ1v) is 8.97. The molecule has 0 bridgehead atoms. The van der Waals surface area contributed by atoms with Crippen molar-refractivity contribution in [2.75, 3.05) is 12.1 Å². The average molecular weight is 374 g/mol. The third-order valence-electron chi connectivity index (χ3n) is 4.76. The molecule has 0 aliphatic carbocycles. The lowest BCUT2D eigenvalue weighted by atomic mass is 10.1. The summed E-state index contributed by atoms with van der Waals surface area (Å²) in [6.07, 6.45) is 1.78. The zero-order chi connectivity index (χ0) is 18.9. The number of ether oxygens (including phenoxy) is 2. The van der Waals surface area contributed by atoms with Gasteiger partial charge in [0, 0.05) is 17.7 Å². The minimum atomic E-state index is 0.229. The van der Waals surface area contributed by atoms with E-state index in [-0.39, 0.29) is 5.75 Å². The summed E-state index contributed by atoms with van der Waals surface area (Å²) >= 11 is 0. The van der Waals surface area contributed by atoms with Gasteiger partial charge in [0.15, 0.2) is 12.4 Å². The van der Waals surface area contributed by atoms with Crippen LogP contribution >= 0.6 is 0 Å². The van der Waals surface area contributed by atoms with Crippen molar-refractivity contribution in [2.45, 2.75) is 13.2 Å². The van der Waals surface area contributed by atoms with Crippen LogP contribution in [-0.2, 0) is 17.9 Å². The highest BCUT2D eigenvalue weighted by Crippen LogP contribution is 2.27. The van der Waals surface area contributed by atoms with E-state index in [9.17, 15) is 5.11 Å². The van der Waals surface area contributed by atoms with E-state index in [1.807, 2.05) is 36.4 Å². The van der Waals surface area contributed by atoms with Crippen LogP contribution in [0.1, 0.15) is 11.1 Å². The number of benzene rings is 2. The second kappa shape index (κ2) is 6.86. The van der Waals surface area contributed by atoms with Crippen LogP contribution < -0.4 is 10.1 Å². The molecule has 0 unspecified atom stereocenters. The predicted octanol–water partition coefficient (Wildman–Crippen LogP) is 3.58. The smallest absolute Gasteiger partial charge is 0.189 e. The molecule has 140 valence electrons. The standard InChI is InChI=1S/C21H18N4O3/c26-16-6-4-14(5-7-16)18-11-23-21-9-8-20(24-25(18)21)22-10-15-2-1-3-19-17(15)12-27-13-28-19/h1-9,11,26H,10,12-13H2,(H,22,24). The van der Waals surface area contributed by atoms with Crippen molar-refractivity contribution in [1.29, 1.82) is 0 Å². The second-order valence-electron chi connectivity index (χ2n) is 6.54. The van der Waals surface area contributed by atoms with Gasteiger partial charge in [0.05, 0.1) is 18.5 Å². The number of nitrogens with one attached hydrogen (secondary N) is 1. The Morgan fingerprint density at radius 2 is 1.96 bits per heavy atom. The van der Waals surface area contributed by atoms with Crippen molar-refractivity contribution in [1.82, 2.24) is 14.6 Å². The molecule has 5 rings (SSSR count). The zero-order valence-corrected chi connectivity index (χ0v) is 15.0. The largest absolute Gasteiger partial charge is 0.508 e. The molecule has 2 aromatic carbocycles. The van der Waals surface area contributed by atoms with Gasteiger partial charge in [-0.3, -0.25) is 0 Å². The first-order valence-electron chi connectivity index (χ1n) is 8.97. The monoisotopic (exact) mass is 374 g/mol. The number of hydrogen-bond acceptors (Lipinski definition) is 6. The molecule has 1 aliphatic rings. The molecule has 2 N–H and O–H groups in total. The summed E-state index contributed by atoms with van der Waals surface area (Å²) in [6, 6.07) is 16.8. The minimum Gasteiger partial charge on any atom is -0.508 e. The Kier molecular flexibility index (Phi) is 4.06. The van der Waals surface area contributed by atoms with Gasteiger partial charge >= 0.3 is 0 Å². The number of aromatic hydroxyl groups is 1. The molecule has 7 heteroatoms. The summed E-state index contributed by atoms with van der Waals surface area (Å²) < 4.78 is 12.7. The molecule has 0 saturated carbocycles. The van der Waals surface area contributed by atoms with E-state index in [0.717, 1.165) is 39.6 Å². The van der Waals surface area contributed by atoms with Crippen molar-refractivity contribution in [3.8, 4) is 22.8 Å². The molecular formula is C21H18N4O3. The Balaban J connectivity index is 1.43. The molecule has 0 saturated heterocycles. The second-order valence-corrected chi connectivity index (χ2v) is 6.54. The number of rotatable bonds is 4. The molecule has 1 aliphatic heterocycles. The fourth-order valence-corrected chi connectivity index (χ4v) is 3.31. The molecule has 0 spiro atoms. The molecule has 4 aromatic rings. The number of phenols is 1. The van der Waals surface area contributed by atoms with Gasteiger partial charge < -0.3 is 19.9 Å². The van der Waals surface area contributed by atoms with Gasteiger partial charge in [-0.05, 0) is 48.0 Å². The molecule has 0 atom stereocenters. The number of nitrogens with zero attached hydrogens (tertiary/aromatic N) is 3. The van der Waals surface area contributed by atoms with Crippen molar-refractivity contribution in [3.63, 3.8) is 0 Å². The average Bonchev–Trinajstić information content (AvgIpc) is 3.16. The summed E-state index contributed by atoms with van der Waals surface area (Å²) in [5.41, 5.74) is 4.73. The number of fused-ring (bicyclic) bond motifs is 2. The summed E-state index contributed by atoms with van der Waals surface area (Å²) in [4.78, 5) is 4.41. The van der Waals surface area contributed by atoms with Crippen molar-refractivity contribution in [2.24, 2.45) is 0 Å². The summed E-state index contributed by atoms with van der Waals surface area (Å²) in [7, 11) is 0. The van der Waals surface area contributed by atoms with E-state index in [1.54, 1.807) is 22.8 Å². The normalized spacial score (nSPS) is 13.1. The molecule has 0 radical (unpaired) electrons. The van der Waals surface area contributed by atoms with Crippen molar-refractivity contribution in [3.05, 3.63) is 71.9 Å². The predicted molar refractivity (Wildman–Crippen MR) is 104 cm³/mol. The molecular weight excluding hydrogens is 356 g/mol. The van der Waals surface area contributed by atoms with Crippen LogP contribution in [0.15, 0.2) is 60.8 Å². The lowest BCUT2D eigenvalue weighted by Crippen LogP contribution is -2.14. The Bertz CT molecular complexity index is 1140. The fourth-order valence-electron chi connectivity index (χ4n) is 3.31. The summed E-state index contributed by atoms with van der Waals surface area (Å²) in [6.45, 7) is 1.45. The van der Waals surface area contributed by atoms with Crippen LogP contribution in [-0.4, -0.2) is 26.5 Å². The van der Waals surface area contributed by atoms with Crippen molar-refractivity contribution >= 4 is 11.5 Å². The van der Waals surface area contributed by atoms with Gasteiger partial charge in [-0.25, -0.2) is 9.50 Å². The van der Waals surface area contributed by atoms with Gasteiger partial charge in [0.2, 0.25) is 0 Å². The summed E-state index contributed by atoms with van der Waals surface area (Å²) in [5.74, 6) is 1.84. The van der Waals surface area contributed by atoms with Gasteiger partial charge in [-0.15, -0.1) is 5.10 Å². The van der Waals surface area contributed by atoms with Gasteiger partial charge in [-0.2, -0.15) is 0 Å². The van der Waals surface area contributed by atoms with E-state index < -0.39 is 0 Å². The van der Waals surface area contributed by atoms with Crippen LogP contribution in [0.3, 0.4) is 0 Å². The Morgan fingerprint density at radius 1 is 1.07 bits per heavy atom. The van der Waals surface area contributed by atoms with E-state index in [4.69, 9.17) is 9.47 Å². The SMILES string of the molecule is Oc1ccc(-c2cnc3ccc(NCc4cccc5c4COCO5)nn23)cc1. The third kappa shape index (κ3) is 3.01. The van der Waals surface area contributed by atoms with Gasteiger partial charge in [0.1, 0.15) is 17.3 Å². The quantitative estimate of drug-likeness (QED) is 0.568. The lowest BCUT2D eigenvalue weighted by molar-refractivity contribution is -0.0168. The number of hydrogen-bond donors (Lipinski definition) is 2. The highest BCUT2D eigenvalue weighted by molar-refractivity contribution is 5.64. The van der Waals surface area contributed by atoms with Crippen LogP contribution in [0.25, 0.3) is 16.9 Å². The Morgan fingerprint density at radius 3 is 2.86 bits per heavy atom. The highest BCUT2D eigenvalue weighted by Gasteiger charge is 2.14. The molecule has 0 amide bonds. The maximum absolute atomic E-state index is 9.51. The Hall–Kier alpha value is -3.58. The van der Waals surface area contributed by atoms with Crippen LogP contribution in [0.2, 0.25) is 0 Å². The van der Waals surface area contributed by atoms with Crippen LogP contribution in [0.5, 0.6) is 11.5 Å². The van der Waals surface area contributed by atoms with E-state index in [1.165, 1.54) is 0 Å². The van der Waals surface area contributed by atoms with Crippen LogP contribution in [0.4, 0.5) is 5.82 Å². The number of phenolic OH excluding ortho intramolecular Hbond substituents is 1. The van der Waals surface area contributed by atoms with Crippen molar-refractivity contribution < 1.29 is 14.6 Å². The topological polar surface area (TPSA) is 80.9 Å². The molecule has 7 nitrogen and oxygen atoms in total. The molecule has 2 aromatic heterocycles. The highest BCUT2D eigenvalue weighted by atomic mass is 16.7. The lowest BCUT2D eigenvalue weighted by Gasteiger charge is -2.20. The number of aromatic nitrogens is 3. The summed E-state index contributed by atoms with van der Waals surface area (Å²) in [5, 5.41) is 17.6. The van der Waals surface area contributed by atoms with E-state index in [0.29, 0.717) is 19.9 Å². The van der Waals surface area contributed by atoms with E-state index >= 15 is 0 Å². The van der Waals surface area contributed by atoms with Gasteiger partial charge in [0.25, 0.3) is 0 Å². The maximum Gasteiger partial charge on any atom is 0.189 e. The maximum atomic E-state index is 9.51. The number of anilines is 1. The third-order valence-corrected chi connectivity index (χ3v) is 4.76. The number of imidazole rings is 1. The first kappa shape index (κ1) is 16.6. The van der Waals surface area contributed by atoms with Crippen LogP contribution in [0, 0.1) is 0 Å². The zero-order valence-electron chi connectivity index (χ0n) is 15.0. The van der Waals surface area contributed by atoms with E-state index in [2.05, 4.69) is 21.5 Å². The molecule has 3 heterocycles. The fraction of sp³-hybridized carbons (Fsp3) is 0.143. The molecule has 0 fully saturated rings. The van der Waals surface area contributed by atoms with Gasteiger partial charge in [-0.1, -0.05) is 12.1 Å².